The molecule has 0 amide bonds. The number of aliphatic hydroxyl groups excluding tert-OH is 2. The van der Waals surface area contributed by atoms with E-state index in [2.05, 4.69) is 5.32 Å². The summed E-state index contributed by atoms with van der Waals surface area (Å²) in [6, 6.07) is -0.125. The first-order valence-electron chi connectivity index (χ1n) is 3.05. The lowest BCUT2D eigenvalue weighted by Gasteiger charge is -2.12. The van der Waals surface area contributed by atoms with Crippen molar-refractivity contribution in [2.75, 3.05) is 13.1 Å². The first-order valence-corrected chi connectivity index (χ1v) is 3.05. The Morgan fingerprint density at radius 1 is 1.56 bits per heavy atom. The van der Waals surface area contributed by atoms with Crippen molar-refractivity contribution in [2.45, 2.75) is 18.2 Å². The van der Waals surface area contributed by atoms with Gasteiger partial charge in [-0.05, 0) is 0 Å². The SMILES string of the molecule is NC[C@H]1NC[C@H](O)[C@H]1O. The van der Waals surface area contributed by atoms with Crippen LogP contribution in [0.2, 0.25) is 0 Å². The average molecular weight is 132 g/mol. The third-order valence-electron chi connectivity index (χ3n) is 1.65. The van der Waals surface area contributed by atoms with Crippen molar-refractivity contribution in [3.05, 3.63) is 0 Å². The molecular formula is C5H12N2O2. The van der Waals surface area contributed by atoms with Gasteiger partial charge in [-0.2, -0.15) is 0 Å². The molecule has 1 fully saturated rings. The van der Waals surface area contributed by atoms with Gasteiger partial charge in [0.1, 0.15) is 0 Å². The summed E-state index contributed by atoms with van der Waals surface area (Å²) in [6.45, 7) is 0.821. The van der Waals surface area contributed by atoms with Gasteiger partial charge < -0.3 is 21.3 Å². The molecule has 5 N–H and O–H groups in total. The van der Waals surface area contributed by atoms with Crippen LogP contribution in [-0.2, 0) is 0 Å². The van der Waals surface area contributed by atoms with Crippen LogP contribution in [0.15, 0.2) is 0 Å². The zero-order chi connectivity index (χ0) is 6.85. The fourth-order valence-corrected chi connectivity index (χ4v) is 1.00. The van der Waals surface area contributed by atoms with Crippen LogP contribution in [0.4, 0.5) is 0 Å². The quantitative estimate of drug-likeness (QED) is 0.322. The summed E-state index contributed by atoms with van der Waals surface area (Å²) in [5.41, 5.74) is 5.25. The summed E-state index contributed by atoms with van der Waals surface area (Å²) in [4.78, 5) is 0. The zero-order valence-corrected chi connectivity index (χ0v) is 5.12. The minimum atomic E-state index is -0.685. The average Bonchev–Trinajstić information content (AvgIpc) is 2.15. The molecule has 0 radical (unpaired) electrons. The Bertz CT molecular complexity index is 99.0. The van der Waals surface area contributed by atoms with E-state index in [0.717, 1.165) is 0 Å². The molecular weight excluding hydrogens is 120 g/mol. The number of rotatable bonds is 1. The highest BCUT2D eigenvalue weighted by atomic mass is 16.3. The van der Waals surface area contributed by atoms with Crippen molar-refractivity contribution in [3.8, 4) is 0 Å². The topological polar surface area (TPSA) is 78.5 Å². The molecule has 0 unspecified atom stereocenters. The minimum absolute atomic E-state index is 0.125. The Balaban J connectivity index is 2.41. The lowest BCUT2D eigenvalue weighted by Crippen LogP contribution is -2.39. The first kappa shape index (κ1) is 6.95. The Hall–Kier alpha value is -0.160. The third kappa shape index (κ3) is 1.21. The Labute approximate surface area is 53.7 Å². The van der Waals surface area contributed by atoms with Crippen molar-refractivity contribution in [1.29, 1.82) is 0 Å². The summed E-state index contributed by atoms with van der Waals surface area (Å²) in [7, 11) is 0. The fraction of sp³-hybridized carbons (Fsp3) is 1.00. The lowest BCUT2D eigenvalue weighted by atomic mass is 10.1. The van der Waals surface area contributed by atoms with Gasteiger partial charge in [0, 0.05) is 19.1 Å². The van der Waals surface area contributed by atoms with Crippen molar-refractivity contribution in [2.24, 2.45) is 5.73 Å². The van der Waals surface area contributed by atoms with Gasteiger partial charge in [0.15, 0.2) is 0 Å². The maximum absolute atomic E-state index is 9.06. The van der Waals surface area contributed by atoms with Gasteiger partial charge in [-0.1, -0.05) is 0 Å². The maximum Gasteiger partial charge on any atom is 0.0976 e. The molecule has 3 atom stereocenters. The summed E-state index contributed by atoms with van der Waals surface area (Å²) in [6.07, 6.45) is -1.33. The summed E-state index contributed by atoms with van der Waals surface area (Å²) >= 11 is 0. The maximum atomic E-state index is 9.06. The van der Waals surface area contributed by atoms with Crippen LogP contribution in [-0.4, -0.2) is 41.6 Å². The monoisotopic (exact) mass is 132 g/mol. The van der Waals surface area contributed by atoms with Crippen molar-refractivity contribution >= 4 is 0 Å². The van der Waals surface area contributed by atoms with Gasteiger partial charge in [-0.25, -0.2) is 0 Å². The van der Waals surface area contributed by atoms with Crippen LogP contribution in [0.1, 0.15) is 0 Å². The van der Waals surface area contributed by atoms with Crippen molar-refractivity contribution in [3.63, 3.8) is 0 Å². The fourth-order valence-electron chi connectivity index (χ4n) is 1.00. The van der Waals surface area contributed by atoms with E-state index in [4.69, 9.17) is 15.9 Å². The molecule has 4 heteroatoms. The van der Waals surface area contributed by atoms with Crippen LogP contribution >= 0.6 is 0 Å². The minimum Gasteiger partial charge on any atom is -0.389 e. The van der Waals surface area contributed by atoms with Crippen LogP contribution in [0.3, 0.4) is 0 Å². The smallest absolute Gasteiger partial charge is 0.0976 e. The molecule has 1 aliphatic rings. The highest BCUT2D eigenvalue weighted by Crippen LogP contribution is 2.05. The van der Waals surface area contributed by atoms with E-state index in [0.29, 0.717) is 13.1 Å². The summed E-state index contributed by atoms with van der Waals surface area (Å²) in [5.74, 6) is 0. The van der Waals surface area contributed by atoms with Crippen LogP contribution in [0, 0.1) is 0 Å². The highest BCUT2D eigenvalue weighted by Gasteiger charge is 2.31. The molecule has 0 bridgehead atoms. The predicted octanol–water partition coefficient (Wildman–Crippen LogP) is -2.36. The summed E-state index contributed by atoms with van der Waals surface area (Å²) in [5, 5.41) is 20.9. The molecule has 54 valence electrons. The second kappa shape index (κ2) is 2.62. The molecule has 0 aromatic rings. The third-order valence-corrected chi connectivity index (χ3v) is 1.65. The summed E-state index contributed by atoms with van der Waals surface area (Å²) < 4.78 is 0. The molecule has 0 saturated carbocycles. The number of hydrogen-bond donors (Lipinski definition) is 4. The van der Waals surface area contributed by atoms with Crippen LogP contribution < -0.4 is 11.1 Å². The number of nitrogens with one attached hydrogen (secondary N) is 1. The Morgan fingerprint density at radius 3 is 2.44 bits per heavy atom. The van der Waals surface area contributed by atoms with Gasteiger partial charge in [-0.15, -0.1) is 0 Å². The number of hydrogen-bond acceptors (Lipinski definition) is 4. The normalized spacial score (nSPS) is 43.7. The van der Waals surface area contributed by atoms with E-state index in [1.165, 1.54) is 0 Å². The largest absolute Gasteiger partial charge is 0.389 e. The predicted molar refractivity (Wildman–Crippen MR) is 32.9 cm³/mol. The van der Waals surface area contributed by atoms with E-state index < -0.39 is 12.2 Å². The van der Waals surface area contributed by atoms with E-state index in [9.17, 15) is 0 Å². The second-order valence-corrected chi connectivity index (χ2v) is 2.31. The molecule has 0 spiro atoms. The van der Waals surface area contributed by atoms with Gasteiger partial charge >= 0.3 is 0 Å². The van der Waals surface area contributed by atoms with E-state index in [-0.39, 0.29) is 6.04 Å². The Morgan fingerprint density at radius 2 is 2.22 bits per heavy atom. The zero-order valence-electron chi connectivity index (χ0n) is 5.12. The molecule has 1 heterocycles. The molecule has 1 aliphatic heterocycles. The highest BCUT2D eigenvalue weighted by molar-refractivity contribution is 4.90. The molecule has 0 aromatic heterocycles. The van der Waals surface area contributed by atoms with Gasteiger partial charge in [0.05, 0.1) is 12.2 Å². The molecule has 9 heavy (non-hydrogen) atoms. The van der Waals surface area contributed by atoms with Gasteiger partial charge in [0.2, 0.25) is 0 Å². The van der Waals surface area contributed by atoms with Crippen LogP contribution in [0.5, 0.6) is 0 Å². The second-order valence-electron chi connectivity index (χ2n) is 2.31. The standard InChI is InChI=1S/C5H12N2O2/c6-1-3-5(9)4(8)2-7-3/h3-5,7-9H,1-2,6H2/t3-,4+,5+/m1/s1. The van der Waals surface area contributed by atoms with Crippen LogP contribution in [0.25, 0.3) is 0 Å². The van der Waals surface area contributed by atoms with Crippen molar-refractivity contribution < 1.29 is 10.2 Å². The number of nitrogens with two attached hydrogens (primary N) is 1. The van der Waals surface area contributed by atoms with Gasteiger partial charge in [-0.3, -0.25) is 0 Å². The molecule has 0 aromatic carbocycles. The number of β-amino-alcohol motifs (C(OH)–C–C–N with tert-alkyl or cyclic N) is 1. The number of aliphatic hydroxyl groups is 2. The van der Waals surface area contributed by atoms with E-state index in [1.54, 1.807) is 0 Å². The Kier molecular flexibility index (Phi) is 2.02. The van der Waals surface area contributed by atoms with Gasteiger partial charge in [0.25, 0.3) is 0 Å². The lowest BCUT2D eigenvalue weighted by molar-refractivity contribution is 0.0421. The molecule has 0 aliphatic carbocycles. The molecule has 4 nitrogen and oxygen atoms in total. The molecule has 1 rings (SSSR count). The van der Waals surface area contributed by atoms with E-state index in [1.807, 2.05) is 0 Å². The molecule has 1 saturated heterocycles. The van der Waals surface area contributed by atoms with Crippen molar-refractivity contribution in [1.82, 2.24) is 5.32 Å². The first-order chi connectivity index (χ1) is 4.25. The van der Waals surface area contributed by atoms with E-state index >= 15 is 0 Å².